The third-order valence-corrected chi connectivity index (χ3v) is 2.01. The number of hydrogen-bond acceptors (Lipinski definition) is 2. The summed E-state index contributed by atoms with van der Waals surface area (Å²) >= 11 is 0. The van der Waals surface area contributed by atoms with Crippen LogP contribution < -0.4 is 5.73 Å². The fraction of sp³-hybridized carbons (Fsp3) is 1.00. The highest BCUT2D eigenvalue weighted by Crippen LogP contribution is 2.08. The van der Waals surface area contributed by atoms with E-state index in [2.05, 4.69) is 20.8 Å². The van der Waals surface area contributed by atoms with Crippen molar-refractivity contribution < 1.29 is 4.74 Å². The molecule has 0 aliphatic heterocycles. The van der Waals surface area contributed by atoms with E-state index in [-0.39, 0.29) is 0 Å². The van der Waals surface area contributed by atoms with Crippen LogP contribution in [-0.4, -0.2) is 18.8 Å². The second-order valence-electron chi connectivity index (χ2n) is 4.43. The molecule has 0 aromatic rings. The van der Waals surface area contributed by atoms with E-state index in [1.807, 2.05) is 6.92 Å². The van der Waals surface area contributed by atoms with Crippen LogP contribution in [0.3, 0.4) is 0 Å². The van der Waals surface area contributed by atoms with Gasteiger partial charge in [0.05, 0.1) is 6.10 Å². The van der Waals surface area contributed by atoms with Crippen molar-refractivity contribution in [2.75, 3.05) is 6.61 Å². The van der Waals surface area contributed by atoms with Gasteiger partial charge in [0.15, 0.2) is 0 Å². The molecule has 0 saturated heterocycles. The number of hydrogen-bond donors (Lipinski definition) is 1. The maximum atomic E-state index is 5.65. The van der Waals surface area contributed by atoms with Crippen LogP contribution in [0.4, 0.5) is 0 Å². The zero-order valence-electron chi connectivity index (χ0n) is 9.55. The van der Waals surface area contributed by atoms with Crippen molar-refractivity contribution in [3.8, 4) is 0 Å². The first-order chi connectivity index (χ1) is 6.02. The maximum absolute atomic E-state index is 5.65. The Labute approximate surface area is 82.8 Å². The third-order valence-electron chi connectivity index (χ3n) is 2.01. The van der Waals surface area contributed by atoms with E-state index in [1.54, 1.807) is 0 Å². The predicted molar refractivity (Wildman–Crippen MR) is 57.8 cm³/mol. The molecule has 0 fully saturated rings. The summed E-state index contributed by atoms with van der Waals surface area (Å²) in [6.07, 6.45) is 3.69. The summed E-state index contributed by atoms with van der Waals surface area (Å²) in [4.78, 5) is 0. The first-order valence-electron chi connectivity index (χ1n) is 5.39. The molecule has 0 bridgehead atoms. The molecule has 2 nitrogen and oxygen atoms in total. The highest BCUT2D eigenvalue weighted by molar-refractivity contribution is 4.56. The van der Waals surface area contributed by atoms with Gasteiger partial charge in [-0.15, -0.1) is 0 Å². The molecule has 2 heteroatoms. The molecule has 0 radical (unpaired) electrons. The van der Waals surface area contributed by atoms with Crippen molar-refractivity contribution >= 4 is 0 Å². The number of nitrogens with two attached hydrogens (primary N) is 1. The van der Waals surface area contributed by atoms with Crippen molar-refractivity contribution in [1.29, 1.82) is 0 Å². The molecule has 0 aliphatic carbocycles. The van der Waals surface area contributed by atoms with Gasteiger partial charge < -0.3 is 10.5 Å². The van der Waals surface area contributed by atoms with E-state index < -0.39 is 0 Å². The lowest BCUT2D eigenvalue weighted by molar-refractivity contribution is 0.0491. The Hall–Kier alpha value is -0.0800. The molecule has 0 aromatic carbocycles. The molecule has 0 spiro atoms. The molecule has 2 N–H and O–H groups in total. The molecule has 2 unspecified atom stereocenters. The maximum Gasteiger partial charge on any atom is 0.0549 e. The van der Waals surface area contributed by atoms with E-state index >= 15 is 0 Å². The lowest BCUT2D eigenvalue weighted by Gasteiger charge is -2.15. The Morgan fingerprint density at radius 1 is 1.15 bits per heavy atom. The van der Waals surface area contributed by atoms with Crippen molar-refractivity contribution in [2.24, 2.45) is 11.7 Å². The minimum atomic E-state index is 0.309. The molecule has 0 aromatic heterocycles. The summed E-state index contributed by atoms with van der Waals surface area (Å²) in [6, 6.07) is 0.309. The van der Waals surface area contributed by atoms with Gasteiger partial charge in [-0.25, -0.2) is 0 Å². The van der Waals surface area contributed by atoms with Gasteiger partial charge >= 0.3 is 0 Å². The zero-order valence-corrected chi connectivity index (χ0v) is 9.55. The molecule has 80 valence electrons. The summed E-state index contributed by atoms with van der Waals surface area (Å²) in [5.41, 5.74) is 5.63. The van der Waals surface area contributed by atoms with E-state index in [0.717, 1.165) is 31.8 Å². The lowest BCUT2D eigenvalue weighted by atomic mass is 10.1. The fourth-order valence-corrected chi connectivity index (χ4v) is 1.42. The summed E-state index contributed by atoms with van der Waals surface area (Å²) in [6.45, 7) is 9.49. The van der Waals surface area contributed by atoms with Gasteiger partial charge in [0.1, 0.15) is 0 Å². The highest BCUT2D eigenvalue weighted by atomic mass is 16.5. The SMILES string of the molecule is CC(C)CC(C)OCCCC(C)N. The van der Waals surface area contributed by atoms with E-state index in [0.29, 0.717) is 12.1 Å². The van der Waals surface area contributed by atoms with Crippen molar-refractivity contribution in [2.45, 2.75) is 59.1 Å². The molecule has 0 aliphatic rings. The Balaban J connectivity index is 3.22. The molecule has 13 heavy (non-hydrogen) atoms. The highest BCUT2D eigenvalue weighted by Gasteiger charge is 2.04. The van der Waals surface area contributed by atoms with Gasteiger partial charge in [-0.2, -0.15) is 0 Å². The Morgan fingerprint density at radius 3 is 2.23 bits per heavy atom. The normalized spacial score (nSPS) is 16.2. The average Bonchev–Trinajstić information content (AvgIpc) is 1.96. The van der Waals surface area contributed by atoms with Crippen molar-refractivity contribution in [3.05, 3.63) is 0 Å². The van der Waals surface area contributed by atoms with Crippen LogP contribution in [0.5, 0.6) is 0 Å². The van der Waals surface area contributed by atoms with Gasteiger partial charge in [-0.3, -0.25) is 0 Å². The summed E-state index contributed by atoms with van der Waals surface area (Å²) in [5, 5.41) is 0. The second-order valence-corrected chi connectivity index (χ2v) is 4.43. The predicted octanol–water partition coefficient (Wildman–Crippen LogP) is 2.57. The Morgan fingerprint density at radius 2 is 1.77 bits per heavy atom. The smallest absolute Gasteiger partial charge is 0.0549 e. The van der Waals surface area contributed by atoms with Gasteiger partial charge in [-0.05, 0) is 39.0 Å². The number of ether oxygens (including phenoxy) is 1. The molecule has 0 saturated carbocycles. The molecule has 0 heterocycles. The van der Waals surface area contributed by atoms with Crippen LogP contribution in [0, 0.1) is 5.92 Å². The summed E-state index contributed by atoms with van der Waals surface area (Å²) in [5.74, 6) is 0.725. The summed E-state index contributed by atoms with van der Waals surface area (Å²) in [7, 11) is 0. The van der Waals surface area contributed by atoms with Gasteiger partial charge in [0.2, 0.25) is 0 Å². The minimum absolute atomic E-state index is 0.309. The van der Waals surface area contributed by atoms with E-state index in [9.17, 15) is 0 Å². The molecular formula is C11H25NO. The van der Waals surface area contributed by atoms with Crippen LogP contribution in [-0.2, 0) is 4.74 Å². The quantitative estimate of drug-likeness (QED) is 0.622. The van der Waals surface area contributed by atoms with Gasteiger partial charge in [0.25, 0.3) is 0 Å². The standard InChI is InChI=1S/C11H25NO/c1-9(2)8-11(4)13-7-5-6-10(3)12/h9-11H,5-8,12H2,1-4H3. The molecular weight excluding hydrogens is 162 g/mol. The average molecular weight is 187 g/mol. The largest absolute Gasteiger partial charge is 0.378 e. The van der Waals surface area contributed by atoms with Gasteiger partial charge in [-0.1, -0.05) is 13.8 Å². The Bertz CT molecular complexity index is 113. The number of rotatable bonds is 7. The Kier molecular flexibility index (Phi) is 7.29. The van der Waals surface area contributed by atoms with E-state index in [1.165, 1.54) is 0 Å². The lowest BCUT2D eigenvalue weighted by Crippen LogP contribution is -2.17. The van der Waals surface area contributed by atoms with Crippen LogP contribution in [0.15, 0.2) is 0 Å². The molecule has 0 rings (SSSR count). The van der Waals surface area contributed by atoms with Crippen LogP contribution >= 0.6 is 0 Å². The van der Waals surface area contributed by atoms with Crippen molar-refractivity contribution in [3.63, 3.8) is 0 Å². The minimum Gasteiger partial charge on any atom is -0.378 e. The fourth-order valence-electron chi connectivity index (χ4n) is 1.42. The monoisotopic (exact) mass is 187 g/mol. The molecule has 0 amide bonds. The van der Waals surface area contributed by atoms with Crippen LogP contribution in [0.25, 0.3) is 0 Å². The zero-order chi connectivity index (χ0) is 10.3. The van der Waals surface area contributed by atoms with Gasteiger partial charge in [0, 0.05) is 12.6 Å². The first kappa shape index (κ1) is 12.9. The van der Waals surface area contributed by atoms with E-state index in [4.69, 9.17) is 10.5 Å². The van der Waals surface area contributed by atoms with Crippen LogP contribution in [0.2, 0.25) is 0 Å². The first-order valence-corrected chi connectivity index (χ1v) is 5.39. The second kappa shape index (κ2) is 7.34. The third kappa shape index (κ3) is 9.84. The summed E-state index contributed by atoms with van der Waals surface area (Å²) < 4.78 is 5.65. The van der Waals surface area contributed by atoms with Crippen molar-refractivity contribution in [1.82, 2.24) is 0 Å². The van der Waals surface area contributed by atoms with Crippen LogP contribution in [0.1, 0.15) is 47.0 Å². The topological polar surface area (TPSA) is 35.2 Å². The molecule has 2 atom stereocenters.